The number of amides is 2. The SMILES string of the molecule is CCN(CC(=O)N(C)C)C(=O)c1cn[nH]c1N. The number of nitrogen functional groups attached to an aromatic ring is 1. The summed E-state index contributed by atoms with van der Waals surface area (Å²) in [6, 6.07) is 0. The van der Waals surface area contributed by atoms with Gasteiger partial charge in [-0.15, -0.1) is 0 Å². The van der Waals surface area contributed by atoms with Crippen LogP contribution in [0.25, 0.3) is 0 Å². The van der Waals surface area contributed by atoms with E-state index in [1.807, 2.05) is 0 Å². The summed E-state index contributed by atoms with van der Waals surface area (Å²) < 4.78 is 0. The fourth-order valence-electron chi connectivity index (χ4n) is 1.27. The maximum Gasteiger partial charge on any atom is 0.259 e. The summed E-state index contributed by atoms with van der Waals surface area (Å²) >= 11 is 0. The van der Waals surface area contributed by atoms with Crippen molar-refractivity contribution in [1.29, 1.82) is 0 Å². The van der Waals surface area contributed by atoms with Crippen LogP contribution in [0.3, 0.4) is 0 Å². The number of nitrogens with two attached hydrogens (primary N) is 1. The Balaban J connectivity index is 2.78. The summed E-state index contributed by atoms with van der Waals surface area (Å²) in [5, 5.41) is 6.17. The Labute approximate surface area is 99.6 Å². The molecule has 1 heterocycles. The van der Waals surface area contributed by atoms with E-state index in [9.17, 15) is 9.59 Å². The molecule has 1 rings (SSSR count). The number of likely N-dealkylation sites (N-methyl/N-ethyl adjacent to an activating group) is 2. The number of hydrogen-bond acceptors (Lipinski definition) is 4. The highest BCUT2D eigenvalue weighted by molar-refractivity contribution is 5.99. The maximum absolute atomic E-state index is 12.0. The molecule has 0 bridgehead atoms. The van der Waals surface area contributed by atoms with Crippen LogP contribution >= 0.6 is 0 Å². The summed E-state index contributed by atoms with van der Waals surface area (Å²) in [4.78, 5) is 26.4. The molecule has 0 aliphatic carbocycles. The van der Waals surface area contributed by atoms with Gasteiger partial charge in [0.15, 0.2) is 0 Å². The highest BCUT2D eigenvalue weighted by atomic mass is 16.2. The lowest BCUT2D eigenvalue weighted by atomic mass is 10.2. The second-order valence-electron chi connectivity index (χ2n) is 3.80. The zero-order chi connectivity index (χ0) is 13.0. The van der Waals surface area contributed by atoms with Crippen LogP contribution in [-0.4, -0.2) is 59.0 Å². The van der Waals surface area contributed by atoms with Crippen molar-refractivity contribution in [2.24, 2.45) is 0 Å². The van der Waals surface area contributed by atoms with Crippen LogP contribution < -0.4 is 5.73 Å². The largest absolute Gasteiger partial charge is 0.383 e. The van der Waals surface area contributed by atoms with Gasteiger partial charge in [0, 0.05) is 20.6 Å². The third-order valence-electron chi connectivity index (χ3n) is 2.39. The van der Waals surface area contributed by atoms with Gasteiger partial charge in [-0.05, 0) is 6.92 Å². The predicted molar refractivity (Wildman–Crippen MR) is 63.3 cm³/mol. The molecular weight excluding hydrogens is 222 g/mol. The molecule has 17 heavy (non-hydrogen) atoms. The van der Waals surface area contributed by atoms with Crippen LogP contribution in [0.4, 0.5) is 5.82 Å². The molecule has 0 radical (unpaired) electrons. The van der Waals surface area contributed by atoms with E-state index in [4.69, 9.17) is 5.73 Å². The predicted octanol–water partition coefficient (Wildman–Crippen LogP) is -0.458. The van der Waals surface area contributed by atoms with Gasteiger partial charge in [-0.1, -0.05) is 0 Å². The number of anilines is 1. The molecule has 7 heteroatoms. The lowest BCUT2D eigenvalue weighted by Gasteiger charge is -2.21. The minimum absolute atomic E-state index is 0.0347. The first-order chi connectivity index (χ1) is 7.97. The molecule has 3 N–H and O–H groups in total. The van der Waals surface area contributed by atoms with E-state index in [1.165, 1.54) is 16.0 Å². The molecule has 1 aromatic heterocycles. The lowest BCUT2D eigenvalue weighted by molar-refractivity contribution is -0.129. The molecular formula is C10H17N5O2. The summed E-state index contributed by atoms with van der Waals surface area (Å²) in [7, 11) is 3.29. The van der Waals surface area contributed by atoms with Crippen LogP contribution in [0, 0.1) is 0 Å². The van der Waals surface area contributed by atoms with E-state index in [0.717, 1.165) is 0 Å². The number of aromatic amines is 1. The number of carbonyl (C=O) groups is 2. The zero-order valence-corrected chi connectivity index (χ0v) is 10.2. The third kappa shape index (κ3) is 2.96. The van der Waals surface area contributed by atoms with Gasteiger partial charge in [-0.2, -0.15) is 5.10 Å². The molecule has 7 nitrogen and oxygen atoms in total. The first-order valence-corrected chi connectivity index (χ1v) is 5.25. The Morgan fingerprint density at radius 1 is 1.47 bits per heavy atom. The van der Waals surface area contributed by atoms with Crippen molar-refractivity contribution in [3.63, 3.8) is 0 Å². The molecule has 0 saturated heterocycles. The standard InChI is InChI=1S/C10H17N5O2/c1-4-15(6-8(16)14(2)3)10(17)7-5-12-13-9(7)11/h5H,4,6H2,1-3H3,(H3,11,12,13). The van der Waals surface area contributed by atoms with Crippen molar-refractivity contribution in [1.82, 2.24) is 20.0 Å². The summed E-state index contributed by atoms with van der Waals surface area (Å²) in [6.45, 7) is 2.27. The van der Waals surface area contributed by atoms with Gasteiger partial charge in [-0.3, -0.25) is 14.7 Å². The molecule has 0 aliphatic rings. The Morgan fingerprint density at radius 2 is 2.12 bits per heavy atom. The van der Waals surface area contributed by atoms with E-state index in [2.05, 4.69) is 10.2 Å². The lowest BCUT2D eigenvalue weighted by Crippen LogP contribution is -2.40. The number of hydrogen-bond donors (Lipinski definition) is 2. The maximum atomic E-state index is 12.0. The van der Waals surface area contributed by atoms with Gasteiger partial charge in [-0.25, -0.2) is 0 Å². The minimum atomic E-state index is -0.297. The number of carbonyl (C=O) groups excluding carboxylic acids is 2. The molecule has 0 aromatic carbocycles. The Bertz CT molecular complexity index is 413. The fourth-order valence-corrected chi connectivity index (χ4v) is 1.27. The van der Waals surface area contributed by atoms with Gasteiger partial charge < -0.3 is 15.5 Å². The molecule has 2 amide bonds. The van der Waals surface area contributed by atoms with E-state index >= 15 is 0 Å². The molecule has 0 aliphatic heterocycles. The summed E-state index contributed by atoms with van der Waals surface area (Å²) in [6.07, 6.45) is 1.36. The van der Waals surface area contributed by atoms with Gasteiger partial charge in [0.05, 0.1) is 12.7 Å². The van der Waals surface area contributed by atoms with Crippen LogP contribution in [0.1, 0.15) is 17.3 Å². The number of nitrogens with zero attached hydrogens (tertiary/aromatic N) is 3. The molecule has 0 fully saturated rings. The van der Waals surface area contributed by atoms with Gasteiger partial charge in [0.25, 0.3) is 5.91 Å². The van der Waals surface area contributed by atoms with Crippen molar-refractivity contribution in [2.75, 3.05) is 32.9 Å². The van der Waals surface area contributed by atoms with Crippen molar-refractivity contribution >= 4 is 17.6 Å². The molecule has 0 atom stereocenters. The van der Waals surface area contributed by atoms with E-state index < -0.39 is 0 Å². The minimum Gasteiger partial charge on any atom is -0.383 e. The Morgan fingerprint density at radius 3 is 2.53 bits per heavy atom. The highest BCUT2D eigenvalue weighted by Crippen LogP contribution is 2.10. The summed E-state index contributed by atoms with van der Waals surface area (Å²) in [5.74, 6) is -0.220. The molecule has 0 saturated carbocycles. The normalized spacial score (nSPS) is 10.1. The number of aromatic nitrogens is 2. The number of rotatable bonds is 4. The van der Waals surface area contributed by atoms with E-state index in [1.54, 1.807) is 21.0 Å². The third-order valence-corrected chi connectivity index (χ3v) is 2.39. The second-order valence-corrected chi connectivity index (χ2v) is 3.80. The van der Waals surface area contributed by atoms with E-state index in [0.29, 0.717) is 12.1 Å². The fraction of sp³-hybridized carbons (Fsp3) is 0.500. The number of H-pyrrole nitrogens is 1. The van der Waals surface area contributed by atoms with Crippen molar-refractivity contribution in [3.05, 3.63) is 11.8 Å². The van der Waals surface area contributed by atoms with Crippen molar-refractivity contribution in [3.8, 4) is 0 Å². The Kier molecular flexibility index (Phi) is 4.08. The smallest absolute Gasteiger partial charge is 0.259 e. The van der Waals surface area contributed by atoms with Crippen LogP contribution in [0.5, 0.6) is 0 Å². The average Bonchev–Trinajstić information content (AvgIpc) is 2.70. The topological polar surface area (TPSA) is 95.3 Å². The number of nitrogens with one attached hydrogen (secondary N) is 1. The first-order valence-electron chi connectivity index (χ1n) is 5.25. The molecule has 1 aromatic rings. The van der Waals surface area contributed by atoms with Crippen LogP contribution in [0.2, 0.25) is 0 Å². The van der Waals surface area contributed by atoms with Gasteiger partial charge in [0.1, 0.15) is 11.4 Å². The zero-order valence-electron chi connectivity index (χ0n) is 10.2. The van der Waals surface area contributed by atoms with Crippen molar-refractivity contribution < 1.29 is 9.59 Å². The van der Waals surface area contributed by atoms with E-state index in [-0.39, 0.29) is 24.2 Å². The Hall–Kier alpha value is -2.05. The molecule has 0 unspecified atom stereocenters. The first kappa shape index (κ1) is 13.0. The van der Waals surface area contributed by atoms with Gasteiger partial charge in [0.2, 0.25) is 5.91 Å². The monoisotopic (exact) mass is 239 g/mol. The quantitative estimate of drug-likeness (QED) is 0.743. The van der Waals surface area contributed by atoms with Crippen LogP contribution in [0.15, 0.2) is 6.20 Å². The van der Waals surface area contributed by atoms with Crippen LogP contribution in [-0.2, 0) is 4.79 Å². The summed E-state index contributed by atoms with van der Waals surface area (Å²) in [5.41, 5.74) is 5.85. The molecule has 0 spiro atoms. The van der Waals surface area contributed by atoms with Crippen molar-refractivity contribution in [2.45, 2.75) is 6.92 Å². The van der Waals surface area contributed by atoms with Gasteiger partial charge >= 0.3 is 0 Å². The highest BCUT2D eigenvalue weighted by Gasteiger charge is 2.21. The molecule has 94 valence electrons. The second kappa shape index (κ2) is 5.33. The average molecular weight is 239 g/mol.